The average Bonchev–Trinajstić information content (AvgIpc) is 3.08. The topological polar surface area (TPSA) is 97.3 Å². The van der Waals surface area contributed by atoms with E-state index in [0.29, 0.717) is 30.3 Å². The number of hydrogen-bond acceptors (Lipinski definition) is 7. The number of hydrogen-bond donors (Lipinski definition) is 1. The van der Waals surface area contributed by atoms with E-state index in [1.807, 2.05) is 39.9 Å². The van der Waals surface area contributed by atoms with Crippen molar-refractivity contribution in [2.24, 2.45) is 5.10 Å². The third-order valence-corrected chi connectivity index (χ3v) is 4.29. The van der Waals surface area contributed by atoms with Gasteiger partial charge in [-0.1, -0.05) is 18.2 Å². The fraction of sp³-hybridized carbons (Fsp3) is 0.222. The number of aromatic nitrogens is 2. The van der Waals surface area contributed by atoms with Crippen LogP contribution in [0.4, 0.5) is 5.69 Å². The molecule has 0 aliphatic carbocycles. The second-order valence-corrected chi connectivity index (χ2v) is 6.04. The molecule has 0 bridgehead atoms. The summed E-state index contributed by atoms with van der Waals surface area (Å²) in [6, 6.07) is 12.2. The first-order chi connectivity index (χ1) is 13.2. The number of pyridine rings is 1. The standard InChI is InChI=1S/C18H18N6O3/c25-24(26)15-5-3-4-14(12-15)18-20-16(17-6-1-2-7-23(17)18)13-19-21-22-8-10-27-11-9-22/h1-7,12-13,21H,8-11H2/b19-13-. The Kier molecular flexibility index (Phi) is 4.77. The van der Waals surface area contributed by atoms with Crippen molar-refractivity contribution in [3.05, 3.63) is 64.5 Å². The number of benzene rings is 1. The van der Waals surface area contributed by atoms with Crippen molar-refractivity contribution in [2.45, 2.75) is 0 Å². The monoisotopic (exact) mass is 366 g/mol. The van der Waals surface area contributed by atoms with Crippen LogP contribution in [0, 0.1) is 10.1 Å². The van der Waals surface area contributed by atoms with Crippen LogP contribution in [0.3, 0.4) is 0 Å². The van der Waals surface area contributed by atoms with Crippen LogP contribution in [0.2, 0.25) is 0 Å². The summed E-state index contributed by atoms with van der Waals surface area (Å²) >= 11 is 0. The minimum absolute atomic E-state index is 0.0318. The number of rotatable bonds is 5. The zero-order valence-electron chi connectivity index (χ0n) is 14.5. The van der Waals surface area contributed by atoms with E-state index in [-0.39, 0.29) is 5.69 Å². The van der Waals surface area contributed by atoms with E-state index in [1.54, 1.807) is 12.3 Å². The molecule has 0 amide bonds. The maximum Gasteiger partial charge on any atom is 0.270 e. The number of ether oxygens (including phenoxy) is 1. The molecule has 1 N–H and O–H groups in total. The molecule has 9 nitrogen and oxygen atoms in total. The Bertz CT molecular complexity index is 994. The Morgan fingerprint density at radius 2 is 2.07 bits per heavy atom. The minimum Gasteiger partial charge on any atom is -0.379 e. The van der Waals surface area contributed by atoms with Crippen molar-refractivity contribution in [1.29, 1.82) is 0 Å². The lowest BCUT2D eigenvalue weighted by molar-refractivity contribution is -0.384. The Morgan fingerprint density at radius 3 is 2.89 bits per heavy atom. The molecule has 138 valence electrons. The molecule has 1 aliphatic heterocycles. The Labute approximate surface area is 155 Å². The van der Waals surface area contributed by atoms with E-state index in [0.717, 1.165) is 18.6 Å². The van der Waals surface area contributed by atoms with Gasteiger partial charge in [-0.15, -0.1) is 0 Å². The zero-order valence-corrected chi connectivity index (χ0v) is 14.5. The fourth-order valence-electron chi connectivity index (χ4n) is 2.95. The Balaban J connectivity index is 1.66. The first-order valence-corrected chi connectivity index (χ1v) is 8.56. The summed E-state index contributed by atoms with van der Waals surface area (Å²) in [5.74, 6) is 0.627. The van der Waals surface area contributed by atoms with E-state index >= 15 is 0 Å². The van der Waals surface area contributed by atoms with Gasteiger partial charge in [0.15, 0.2) is 0 Å². The van der Waals surface area contributed by atoms with Crippen LogP contribution in [-0.2, 0) is 4.74 Å². The van der Waals surface area contributed by atoms with Gasteiger partial charge in [-0.2, -0.15) is 5.10 Å². The lowest BCUT2D eigenvalue weighted by Crippen LogP contribution is -2.43. The highest BCUT2D eigenvalue weighted by Crippen LogP contribution is 2.25. The van der Waals surface area contributed by atoms with Gasteiger partial charge in [-0.25, -0.2) is 15.5 Å². The molecule has 0 radical (unpaired) electrons. The molecule has 1 aromatic carbocycles. The van der Waals surface area contributed by atoms with Gasteiger partial charge in [0.05, 0.1) is 29.9 Å². The number of hydrazine groups is 1. The molecule has 0 spiro atoms. The summed E-state index contributed by atoms with van der Waals surface area (Å²) in [6.07, 6.45) is 3.54. The van der Waals surface area contributed by atoms with Crippen LogP contribution in [0.5, 0.6) is 0 Å². The normalized spacial score (nSPS) is 15.4. The summed E-state index contributed by atoms with van der Waals surface area (Å²) in [6.45, 7) is 2.88. The van der Waals surface area contributed by atoms with Gasteiger partial charge in [0.25, 0.3) is 5.69 Å². The fourth-order valence-corrected chi connectivity index (χ4v) is 2.95. The van der Waals surface area contributed by atoms with Gasteiger partial charge in [0.2, 0.25) is 0 Å². The summed E-state index contributed by atoms with van der Waals surface area (Å²) in [4.78, 5) is 15.3. The molecule has 1 aliphatic rings. The van der Waals surface area contributed by atoms with Crippen molar-refractivity contribution in [3.8, 4) is 11.4 Å². The average molecular weight is 366 g/mol. The van der Waals surface area contributed by atoms with E-state index < -0.39 is 4.92 Å². The molecule has 4 rings (SSSR count). The van der Waals surface area contributed by atoms with E-state index in [9.17, 15) is 10.1 Å². The number of hydrazone groups is 1. The van der Waals surface area contributed by atoms with Gasteiger partial charge < -0.3 is 4.74 Å². The zero-order chi connectivity index (χ0) is 18.6. The summed E-state index contributed by atoms with van der Waals surface area (Å²) in [5, 5.41) is 17.3. The molecule has 0 atom stereocenters. The van der Waals surface area contributed by atoms with Crippen LogP contribution in [0.15, 0.2) is 53.8 Å². The van der Waals surface area contributed by atoms with Crippen LogP contribution >= 0.6 is 0 Å². The lowest BCUT2D eigenvalue weighted by Gasteiger charge is -2.25. The summed E-state index contributed by atoms with van der Waals surface area (Å²) in [7, 11) is 0. The van der Waals surface area contributed by atoms with Crippen molar-refractivity contribution >= 4 is 17.4 Å². The molecule has 3 aromatic rings. The number of morpholine rings is 1. The molecule has 0 saturated carbocycles. The Morgan fingerprint density at radius 1 is 1.22 bits per heavy atom. The van der Waals surface area contributed by atoms with E-state index in [2.05, 4.69) is 15.6 Å². The van der Waals surface area contributed by atoms with Crippen molar-refractivity contribution < 1.29 is 9.66 Å². The highest BCUT2D eigenvalue weighted by atomic mass is 16.6. The van der Waals surface area contributed by atoms with Crippen LogP contribution in [0.1, 0.15) is 5.69 Å². The van der Waals surface area contributed by atoms with Crippen molar-refractivity contribution in [1.82, 2.24) is 19.9 Å². The largest absolute Gasteiger partial charge is 0.379 e. The van der Waals surface area contributed by atoms with Crippen LogP contribution < -0.4 is 5.53 Å². The van der Waals surface area contributed by atoms with Gasteiger partial charge in [-0.05, 0) is 12.1 Å². The molecule has 0 unspecified atom stereocenters. The number of nitro groups is 1. The smallest absolute Gasteiger partial charge is 0.270 e. The number of non-ortho nitro benzene ring substituents is 1. The second kappa shape index (κ2) is 7.52. The summed E-state index contributed by atoms with van der Waals surface area (Å²) in [5.41, 5.74) is 5.24. The highest BCUT2D eigenvalue weighted by Gasteiger charge is 2.14. The molecule has 1 fully saturated rings. The molecule has 9 heteroatoms. The first kappa shape index (κ1) is 17.1. The van der Waals surface area contributed by atoms with Crippen LogP contribution in [0.25, 0.3) is 16.9 Å². The van der Waals surface area contributed by atoms with Gasteiger partial charge in [-0.3, -0.25) is 14.5 Å². The molecular formula is C18H18N6O3. The van der Waals surface area contributed by atoms with E-state index in [1.165, 1.54) is 12.1 Å². The SMILES string of the molecule is O=[N+]([O-])c1cccc(-c2nc(/C=N\NN3CCOCC3)c3ccccn23)c1. The molecule has 1 saturated heterocycles. The predicted molar refractivity (Wildman–Crippen MR) is 100 cm³/mol. The molecular weight excluding hydrogens is 348 g/mol. The third kappa shape index (κ3) is 3.64. The lowest BCUT2D eigenvalue weighted by atomic mass is 10.2. The molecule has 3 heterocycles. The number of fused-ring (bicyclic) bond motifs is 1. The molecule has 27 heavy (non-hydrogen) atoms. The van der Waals surface area contributed by atoms with Crippen molar-refractivity contribution in [2.75, 3.05) is 26.3 Å². The van der Waals surface area contributed by atoms with Crippen molar-refractivity contribution in [3.63, 3.8) is 0 Å². The molecule has 2 aromatic heterocycles. The number of nitrogens with zero attached hydrogens (tertiary/aromatic N) is 5. The van der Waals surface area contributed by atoms with Gasteiger partial charge in [0, 0.05) is 37.0 Å². The van der Waals surface area contributed by atoms with Gasteiger partial charge in [0.1, 0.15) is 11.5 Å². The van der Waals surface area contributed by atoms with Gasteiger partial charge >= 0.3 is 0 Å². The first-order valence-electron chi connectivity index (χ1n) is 8.56. The maximum atomic E-state index is 11.1. The van der Waals surface area contributed by atoms with Crippen LogP contribution in [-0.4, -0.2) is 51.8 Å². The number of nitro benzene ring substituents is 1. The highest BCUT2D eigenvalue weighted by molar-refractivity contribution is 5.89. The van der Waals surface area contributed by atoms with E-state index in [4.69, 9.17) is 4.74 Å². The number of nitrogens with one attached hydrogen (secondary N) is 1. The number of imidazole rings is 1. The Hall–Kier alpha value is -3.30. The minimum atomic E-state index is -0.409. The summed E-state index contributed by atoms with van der Waals surface area (Å²) < 4.78 is 7.20. The maximum absolute atomic E-state index is 11.1. The quantitative estimate of drug-likeness (QED) is 0.422. The third-order valence-electron chi connectivity index (χ3n) is 4.29. The predicted octanol–water partition coefficient (Wildman–Crippen LogP) is 2.08. The second-order valence-electron chi connectivity index (χ2n) is 6.04.